The van der Waals surface area contributed by atoms with Crippen molar-refractivity contribution in [2.45, 2.75) is 32.2 Å². The molecular formula is C20H23F2N5. The summed E-state index contributed by atoms with van der Waals surface area (Å²) in [5.74, 6) is -0.897. The van der Waals surface area contributed by atoms with E-state index in [1.165, 1.54) is 17.7 Å². The lowest BCUT2D eigenvalue weighted by Gasteiger charge is -2.32. The minimum absolute atomic E-state index is 0.234. The summed E-state index contributed by atoms with van der Waals surface area (Å²) in [6.07, 6.45) is 5.78. The molecule has 27 heavy (non-hydrogen) atoms. The van der Waals surface area contributed by atoms with Crippen LogP contribution in [0.15, 0.2) is 30.6 Å². The molecule has 3 aromatic rings. The van der Waals surface area contributed by atoms with E-state index in [0.717, 1.165) is 55.5 Å². The Kier molecular flexibility index (Phi) is 4.78. The minimum atomic E-state index is -0.572. The fraction of sp³-hybridized carbons (Fsp3) is 0.400. The van der Waals surface area contributed by atoms with Gasteiger partial charge in [0.2, 0.25) is 0 Å². The molecule has 5 nitrogen and oxygen atoms in total. The second-order valence-corrected chi connectivity index (χ2v) is 7.31. The summed E-state index contributed by atoms with van der Waals surface area (Å²) in [5.41, 5.74) is 4.31. The maximum absolute atomic E-state index is 14.3. The lowest BCUT2D eigenvalue weighted by atomic mass is 9.90. The molecule has 1 aromatic carbocycles. The number of piperidine rings is 1. The predicted octanol–water partition coefficient (Wildman–Crippen LogP) is 3.78. The van der Waals surface area contributed by atoms with Gasteiger partial charge in [-0.3, -0.25) is 14.7 Å². The van der Waals surface area contributed by atoms with Crippen LogP contribution in [0.2, 0.25) is 0 Å². The molecule has 1 N–H and O–H groups in total. The van der Waals surface area contributed by atoms with Crippen LogP contribution in [0.3, 0.4) is 0 Å². The van der Waals surface area contributed by atoms with Crippen molar-refractivity contribution in [1.29, 1.82) is 0 Å². The molecule has 1 aliphatic rings. The molecule has 1 aliphatic heterocycles. The normalized spacial score (nSPS) is 18.1. The van der Waals surface area contributed by atoms with Crippen molar-refractivity contribution in [3.05, 3.63) is 59.2 Å². The summed E-state index contributed by atoms with van der Waals surface area (Å²) >= 11 is 0. The van der Waals surface area contributed by atoms with Gasteiger partial charge in [0.05, 0.1) is 11.9 Å². The number of nitrogens with one attached hydrogen (secondary N) is 1. The topological polar surface area (TPSA) is 49.7 Å². The molecule has 0 aliphatic carbocycles. The van der Waals surface area contributed by atoms with Gasteiger partial charge in [0.25, 0.3) is 0 Å². The van der Waals surface area contributed by atoms with Crippen LogP contribution in [0.4, 0.5) is 8.78 Å². The van der Waals surface area contributed by atoms with Crippen molar-refractivity contribution >= 4 is 0 Å². The van der Waals surface area contributed by atoms with E-state index in [1.54, 1.807) is 6.20 Å². The molecule has 4 rings (SSSR count). The van der Waals surface area contributed by atoms with Gasteiger partial charge in [-0.05, 0) is 38.4 Å². The van der Waals surface area contributed by atoms with Crippen LogP contribution in [0, 0.1) is 18.6 Å². The van der Waals surface area contributed by atoms with Crippen molar-refractivity contribution in [3.8, 4) is 11.1 Å². The largest absolute Gasteiger partial charge is 0.298 e. The number of H-pyrrole nitrogens is 1. The molecule has 0 unspecified atom stereocenters. The molecule has 0 spiro atoms. The maximum Gasteiger partial charge on any atom is 0.134 e. The van der Waals surface area contributed by atoms with Crippen molar-refractivity contribution < 1.29 is 8.78 Å². The summed E-state index contributed by atoms with van der Waals surface area (Å²) in [4.78, 5) is 2.41. The number of hydrogen-bond donors (Lipinski definition) is 1. The standard InChI is InChI=1S/C20H23F2N5/c1-13-15(10-26(2)25-13)12-27-7-3-4-14(11-27)20-18(9-23-24-20)17-6-5-16(21)8-19(17)22/h5-6,8-10,14H,3-4,7,11-12H2,1-2H3,(H,23,24)/t14-/m0/s1. The van der Waals surface area contributed by atoms with E-state index >= 15 is 0 Å². The highest BCUT2D eigenvalue weighted by Crippen LogP contribution is 2.34. The zero-order valence-electron chi connectivity index (χ0n) is 15.5. The Balaban J connectivity index is 1.55. The summed E-state index contributed by atoms with van der Waals surface area (Å²) in [6, 6.07) is 3.69. The van der Waals surface area contributed by atoms with Crippen molar-refractivity contribution in [3.63, 3.8) is 0 Å². The van der Waals surface area contributed by atoms with E-state index in [9.17, 15) is 8.78 Å². The predicted molar refractivity (Wildman–Crippen MR) is 99.1 cm³/mol. The number of aromatic amines is 1. The highest BCUT2D eigenvalue weighted by Gasteiger charge is 2.26. The van der Waals surface area contributed by atoms with Crippen molar-refractivity contribution in [2.24, 2.45) is 7.05 Å². The lowest BCUT2D eigenvalue weighted by molar-refractivity contribution is 0.198. The molecule has 0 radical (unpaired) electrons. The average molecular weight is 371 g/mol. The van der Waals surface area contributed by atoms with Gasteiger partial charge < -0.3 is 0 Å². The number of rotatable bonds is 4. The third-order valence-electron chi connectivity index (χ3n) is 5.31. The van der Waals surface area contributed by atoms with Crippen LogP contribution in [-0.2, 0) is 13.6 Å². The number of benzene rings is 1. The van der Waals surface area contributed by atoms with Gasteiger partial charge in [0.1, 0.15) is 11.6 Å². The lowest BCUT2D eigenvalue weighted by Crippen LogP contribution is -2.34. The van der Waals surface area contributed by atoms with Crippen LogP contribution in [0.1, 0.15) is 35.7 Å². The van der Waals surface area contributed by atoms with Crippen LogP contribution in [0.25, 0.3) is 11.1 Å². The van der Waals surface area contributed by atoms with Crippen LogP contribution in [-0.4, -0.2) is 38.0 Å². The van der Waals surface area contributed by atoms with Crippen molar-refractivity contribution in [1.82, 2.24) is 24.9 Å². The number of aryl methyl sites for hydroxylation is 2. The first kappa shape index (κ1) is 17.9. The summed E-state index contributed by atoms with van der Waals surface area (Å²) in [6.45, 7) is 4.77. The fourth-order valence-electron chi connectivity index (χ4n) is 4.01. The van der Waals surface area contributed by atoms with Crippen LogP contribution in [0.5, 0.6) is 0 Å². The molecule has 0 amide bonds. The third kappa shape index (κ3) is 3.64. The molecule has 1 saturated heterocycles. The fourth-order valence-corrected chi connectivity index (χ4v) is 4.01. The Morgan fingerprint density at radius 1 is 1.26 bits per heavy atom. The summed E-state index contributed by atoms with van der Waals surface area (Å²) in [5, 5.41) is 11.6. The SMILES string of the molecule is Cc1nn(C)cc1CN1CCC[C@H](c2[nH]ncc2-c2ccc(F)cc2F)C1. The first-order valence-electron chi connectivity index (χ1n) is 9.21. The number of aromatic nitrogens is 4. The maximum atomic E-state index is 14.3. The second-order valence-electron chi connectivity index (χ2n) is 7.31. The van der Waals surface area contributed by atoms with Gasteiger partial charge in [-0.1, -0.05) is 0 Å². The molecule has 142 valence electrons. The number of nitrogens with zero attached hydrogens (tertiary/aromatic N) is 4. The smallest absolute Gasteiger partial charge is 0.134 e. The van der Waals surface area contributed by atoms with E-state index in [0.29, 0.717) is 5.56 Å². The molecule has 2 aromatic heterocycles. The van der Waals surface area contributed by atoms with Crippen LogP contribution < -0.4 is 0 Å². The first-order chi connectivity index (χ1) is 13.0. The van der Waals surface area contributed by atoms with Gasteiger partial charge in [0.15, 0.2) is 0 Å². The van der Waals surface area contributed by atoms with E-state index in [-0.39, 0.29) is 5.92 Å². The van der Waals surface area contributed by atoms with Gasteiger partial charge in [-0.2, -0.15) is 10.2 Å². The quantitative estimate of drug-likeness (QED) is 0.759. The molecule has 0 saturated carbocycles. The van der Waals surface area contributed by atoms with Crippen molar-refractivity contribution in [2.75, 3.05) is 13.1 Å². The van der Waals surface area contributed by atoms with Crippen LogP contribution >= 0.6 is 0 Å². The molecule has 1 fully saturated rings. The minimum Gasteiger partial charge on any atom is -0.298 e. The summed E-state index contributed by atoms with van der Waals surface area (Å²) in [7, 11) is 1.93. The van der Waals surface area contributed by atoms with E-state index in [1.807, 2.05) is 18.7 Å². The van der Waals surface area contributed by atoms with E-state index in [2.05, 4.69) is 26.4 Å². The monoisotopic (exact) mass is 371 g/mol. The van der Waals surface area contributed by atoms with Gasteiger partial charge in [-0.25, -0.2) is 8.78 Å². The van der Waals surface area contributed by atoms with E-state index in [4.69, 9.17) is 0 Å². The highest BCUT2D eigenvalue weighted by atomic mass is 19.1. The molecule has 7 heteroatoms. The van der Waals surface area contributed by atoms with E-state index < -0.39 is 11.6 Å². The Hall–Kier alpha value is -2.54. The van der Waals surface area contributed by atoms with Gasteiger partial charge >= 0.3 is 0 Å². The molecule has 3 heterocycles. The molecule has 1 atom stereocenters. The molecule has 0 bridgehead atoms. The Morgan fingerprint density at radius 2 is 2.11 bits per heavy atom. The Bertz CT molecular complexity index is 946. The zero-order chi connectivity index (χ0) is 19.0. The zero-order valence-corrected chi connectivity index (χ0v) is 15.5. The molecular weight excluding hydrogens is 348 g/mol. The second kappa shape index (κ2) is 7.23. The van der Waals surface area contributed by atoms with Gasteiger partial charge in [-0.15, -0.1) is 0 Å². The number of likely N-dealkylation sites (tertiary alicyclic amines) is 1. The highest BCUT2D eigenvalue weighted by molar-refractivity contribution is 5.66. The average Bonchev–Trinajstić information content (AvgIpc) is 3.22. The van der Waals surface area contributed by atoms with Gasteiger partial charge in [0, 0.05) is 60.7 Å². The Labute approximate surface area is 157 Å². The third-order valence-corrected chi connectivity index (χ3v) is 5.31. The Morgan fingerprint density at radius 3 is 2.85 bits per heavy atom. The number of halogens is 2. The number of hydrogen-bond acceptors (Lipinski definition) is 3. The first-order valence-corrected chi connectivity index (χ1v) is 9.21. The summed E-state index contributed by atoms with van der Waals surface area (Å²) < 4.78 is 29.4.